The normalized spacial score (nSPS) is 16.3. The van der Waals surface area contributed by atoms with E-state index >= 15 is 0 Å². The molecule has 1 amide bonds. The first-order valence-corrected chi connectivity index (χ1v) is 10.2. The van der Waals surface area contributed by atoms with Crippen molar-refractivity contribution in [2.24, 2.45) is 0 Å². The summed E-state index contributed by atoms with van der Waals surface area (Å²) in [6, 6.07) is 4.19. The molecule has 1 aromatic carbocycles. The molecule has 8 nitrogen and oxygen atoms in total. The number of carbonyl (C=O) groups excluding carboxylic acids is 2. The predicted molar refractivity (Wildman–Crippen MR) is 109 cm³/mol. The molecule has 0 unspecified atom stereocenters. The number of nitrogens with one attached hydrogen (secondary N) is 1. The molecule has 29 heavy (non-hydrogen) atoms. The molecule has 0 saturated carbocycles. The van der Waals surface area contributed by atoms with Crippen LogP contribution >= 0.6 is 0 Å². The van der Waals surface area contributed by atoms with E-state index in [0.717, 1.165) is 45.2 Å². The number of esters is 1. The first kappa shape index (κ1) is 20.8. The highest BCUT2D eigenvalue weighted by atomic mass is 16.6. The maximum atomic E-state index is 12.6. The molecule has 156 valence electrons. The van der Waals surface area contributed by atoms with Crippen LogP contribution in [-0.4, -0.2) is 43.0 Å². The predicted octanol–water partition coefficient (Wildman–Crippen LogP) is 3.36. The molecule has 1 N–H and O–H groups in total. The summed E-state index contributed by atoms with van der Waals surface area (Å²) < 4.78 is 5.15. The highest BCUT2D eigenvalue weighted by Gasteiger charge is 2.24. The van der Waals surface area contributed by atoms with E-state index in [9.17, 15) is 19.7 Å². The van der Waals surface area contributed by atoms with Gasteiger partial charge in [-0.25, -0.2) is 4.79 Å². The summed E-state index contributed by atoms with van der Waals surface area (Å²) in [7, 11) is 0. The lowest BCUT2D eigenvalue weighted by molar-refractivity contribution is -0.384. The van der Waals surface area contributed by atoms with Crippen molar-refractivity contribution in [2.75, 3.05) is 31.1 Å². The van der Waals surface area contributed by atoms with Crippen LogP contribution in [0.2, 0.25) is 0 Å². The lowest BCUT2D eigenvalue weighted by Crippen LogP contribution is -2.30. The second-order valence-electron chi connectivity index (χ2n) is 7.44. The molecule has 0 spiro atoms. The number of nitro benzene ring substituents is 1. The molecule has 2 aliphatic rings. The van der Waals surface area contributed by atoms with Crippen molar-refractivity contribution in [2.45, 2.75) is 44.9 Å². The topological polar surface area (TPSA) is 102 Å². The Morgan fingerprint density at radius 1 is 1.17 bits per heavy atom. The van der Waals surface area contributed by atoms with E-state index < -0.39 is 17.5 Å². The number of nitro groups is 1. The van der Waals surface area contributed by atoms with Crippen LogP contribution in [0, 0.1) is 10.1 Å². The van der Waals surface area contributed by atoms with Crippen molar-refractivity contribution < 1.29 is 19.2 Å². The molecular formula is C21H27N3O5. The Morgan fingerprint density at radius 3 is 2.66 bits per heavy atom. The Bertz CT molecular complexity index is 800. The van der Waals surface area contributed by atoms with Crippen LogP contribution in [0.4, 0.5) is 11.4 Å². The zero-order chi connectivity index (χ0) is 20.6. The first-order valence-electron chi connectivity index (χ1n) is 10.2. The largest absolute Gasteiger partial charge is 0.452 e. The van der Waals surface area contributed by atoms with Crippen molar-refractivity contribution in [3.8, 4) is 0 Å². The number of anilines is 1. The van der Waals surface area contributed by atoms with E-state index in [1.54, 1.807) is 6.07 Å². The van der Waals surface area contributed by atoms with Crippen LogP contribution in [0.15, 0.2) is 29.8 Å². The van der Waals surface area contributed by atoms with E-state index in [4.69, 9.17) is 4.74 Å². The highest BCUT2D eigenvalue weighted by molar-refractivity contribution is 5.97. The van der Waals surface area contributed by atoms with E-state index in [1.165, 1.54) is 30.5 Å². The van der Waals surface area contributed by atoms with Gasteiger partial charge in [-0.05, 0) is 51.0 Å². The standard InChI is InChI=1S/C21H27N3O5/c25-20(22-11-10-16-6-2-1-3-7-16)15-29-21(26)18-14-17(24(27)28)8-9-19(18)23-12-4-5-13-23/h6,8-9,14H,1-5,7,10-13,15H2,(H,22,25). The molecule has 1 fully saturated rings. The monoisotopic (exact) mass is 401 g/mol. The Balaban J connectivity index is 1.56. The highest BCUT2D eigenvalue weighted by Crippen LogP contribution is 2.29. The number of non-ortho nitro benzene ring substituents is 1. The third-order valence-electron chi connectivity index (χ3n) is 5.35. The minimum Gasteiger partial charge on any atom is -0.452 e. The van der Waals surface area contributed by atoms with Crippen LogP contribution in [0.3, 0.4) is 0 Å². The summed E-state index contributed by atoms with van der Waals surface area (Å²) in [5.41, 5.74) is 1.93. The Labute approximate surface area is 170 Å². The maximum Gasteiger partial charge on any atom is 0.341 e. The van der Waals surface area contributed by atoms with Gasteiger partial charge in [0, 0.05) is 31.8 Å². The molecule has 8 heteroatoms. The third-order valence-corrected chi connectivity index (χ3v) is 5.35. The molecule has 0 bridgehead atoms. The molecule has 0 atom stereocenters. The molecule has 0 aromatic heterocycles. The molecule has 1 aromatic rings. The zero-order valence-electron chi connectivity index (χ0n) is 16.5. The molecule has 1 aliphatic heterocycles. The smallest absolute Gasteiger partial charge is 0.341 e. The van der Waals surface area contributed by atoms with Crippen LogP contribution < -0.4 is 10.2 Å². The molecule has 3 rings (SSSR count). The SMILES string of the molecule is O=C(COC(=O)c1cc([N+](=O)[O-])ccc1N1CCCC1)NCCC1=CCCCC1. The van der Waals surface area contributed by atoms with Crippen LogP contribution in [0.1, 0.15) is 55.3 Å². The summed E-state index contributed by atoms with van der Waals surface area (Å²) in [6.45, 7) is 1.68. The number of carbonyl (C=O) groups is 2. The lowest BCUT2D eigenvalue weighted by Gasteiger charge is -2.20. The van der Waals surface area contributed by atoms with Crippen LogP contribution in [-0.2, 0) is 9.53 Å². The van der Waals surface area contributed by atoms with E-state index in [1.807, 2.05) is 4.90 Å². The van der Waals surface area contributed by atoms with Gasteiger partial charge in [0.15, 0.2) is 6.61 Å². The number of hydrogen-bond donors (Lipinski definition) is 1. The number of allylic oxidation sites excluding steroid dienone is 1. The number of ether oxygens (including phenoxy) is 1. The lowest BCUT2D eigenvalue weighted by atomic mass is 9.97. The van der Waals surface area contributed by atoms with E-state index in [0.29, 0.717) is 12.2 Å². The quantitative estimate of drug-likeness (QED) is 0.310. The number of hydrogen-bond acceptors (Lipinski definition) is 6. The van der Waals surface area contributed by atoms with Gasteiger partial charge in [0.25, 0.3) is 11.6 Å². The summed E-state index contributed by atoms with van der Waals surface area (Å²) in [5.74, 6) is -1.09. The maximum absolute atomic E-state index is 12.6. The summed E-state index contributed by atoms with van der Waals surface area (Å²) in [6.07, 6.45) is 9.65. The Morgan fingerprint density at radius 2 is 1.97 bits per heavy atom. The van der Waals surface area contributed by atoms with Gasteiger partial charge in [0.1, 0.15) is 0 Å². The molecule has 1 aliphatic carbocycles. The van der Waals surface area contributed by atoms with Crippen LogP contribution in [0.5, 0.6) is 0 Å². The number of amides is 1. The van der Waals surface area contributed by atoms with Crippen molar-refractivity contribution in [3.05, 3.63) is 45.5 Å². The van der Waals surface area contributed by atoms with Gasteiger partial charge in [0.05, 0.1) is 16.2 Å². The molecule has 1 heterocycles. The van der Waals surface area contributed by atoms with Crippen molar-refractivity contribution in [1.29, 1.82) is 0 Å². The third kappa shape index (κ3) is 5.79. The number of rotatable bonds is 8. The van der Waals surface area contributed by atoms with Gasteiger partial charge < -0.3 is 15.0 Å². The molecular weight excluding hydrogens is 374 g/mol. The minimum absolute atomic E-state index is 0.126. The van der Waals surface area contributed by atoms with Gasteiger partial charge in [-0.1, -0.05) is 11.6 Å². The number of benzene rings is 1. The average Bonchev–Trinajstić information content (AvgIpc) is 3.27. The Kier molecular flexibility index (Phi) is 7.21. The fourth-order valence-corrected chi connectivity index (χ4v) is 3.79. The zero-order valence-corrected chi connectivity index (χ0v) is 16.5. The van der Waals surface area contributed by atoms with Gasteiger partial charge in [-0.15, -0.1) is 0 Å². The number of nitrogens with zero attached hydrogens (tertiary/aromatic N) is 2. The first-order chi connectivity index (χ1) is 14.0. The van der Waals surface area contributed by atoms with Crippen molar-refractivity contribution in [3.63, 3.8) is 0 Å². The molecule has 0 radical (unpaired) electrons. The van der Waals surface area contributed by atoms with E-state index in [2.05, 4.69) is 11.4 Å². The minimum atomic E-state index is -0.722. The Hall–Kier alpha value is -2.90. The summed E-state index contributed by atoms with van der Waals surface area (Å²) in [4.78, 5) is 37.1. The van der Waals surface area contributed by atoms with Crippen molar-refractivity contribution >= 4 is 23.3 Å². The fourth-order valence-electron chi connectivity index (χ4n) is 3.79. The van der Waals surface area contributed by atoms with Gasteiger partial charge >= 0.3 is 5.97 Å². The second kappa shape index (κ2) is 10.0. The average molecular weight is 401 g/mol. The second-order valence-corrected chi connectivity index (χ2v) is 7.44. The fraction of sp³-hybridized carbons (Fsp3) is 0.524. The molecule has 1 saturated heterocycles. The van der Waals surface area contributed by atoms with Gasteiger partial charge in [-0.2, -0.15) is 0 Å². The summed E-state index contributed by atoms with van der Waals surface area (Å²) >= 11 is 0. The van der Waals surface area contributed by atoms with Gasteiger partial charge in [-0.3, -0.25) is 14.9 Å². The van der Waals surface area contributed by atoms with Gasteiger partial charge in [0.2, 0.25) is 0 Å². The van der Waals surface area contributed by atoms with E-state index in [-0.39, 0.29) is 17.2 Å². The summed E-state index contributed by atoms with van der Waals surface area (Å²) in [5, 5.41) is 13.9. The van der Waals surface area contributed by atoms with Crippen molar-refractivity contribution in [1.82, 2.24) is 5.32 Å². The van der Waals surface area contributed by atoms with Crippen LogP contribution in [0.25, 0.3) is 0 Å².